The lowest BCUT2D eigenvalue weighted by Crippen LogP contribution is -2.21. The molecule has 1 amide bonds. The van der Waals surface area contributed by atoms with Crippen LogP contribution in [-0.2, 0) is 6.54 Å². The summed E-state index contributed by atoms with van der Waals surface area (Å²) in [7, 11) is 1.58. The predicted molar refractivity (Wildman–Crippen MR) is 84.4 cm³/mol. The summed E-state index contributed by atoms with van der Waals surface area (Å²) in [5.41, 5.74) is 7.33. The van der Waals surface area contributed by atoms with Gasteiger partial charge in [-0.2, -0.15) is 0 Å². The van der Waals surface area contributed by atoms with Crippen molar-refractivity contribution < 1.29 is 9.53 Å². The van der Waals surface area contributed by atoms with Gasteiger partial charge in [0.05, 0.1) is 12.0 Å². The summed E-state index contributed by atoms with van der Waals surface area (Å²) >= 11 is 6.24. The van der Waals surface area contributed by atoms with E-state index >= 15 is 0 Å². The van der Waals surface area contributed by atoms with Gasteiger partial charge in [-0.15, -0.1) is 11.3 Å². The van der Waals surface area contributed by atoms with Crippen molar-refractivity contribution in [3.8, 4) is 5.75 Å². The zero-order chi connectivity index (χ0) is 14.5. The second-order valence-electron chi connectivity index (χ2n) is 4.09. The summed E-state index contributed by atoms with van der Waals surface area (Å²) < 4.78 is 5.05. The van der Waals surface area contributed by atoms with E-state index in [0.717, 1.165) is 11.1 Å². The summed E-state index contributed by atoms with van der Waals surface area (Å²) in [6.07, 6.45) is 0. The Morgan fingerprint density at radius 3 is 2.65 bits per heavy atom. The lowest BCUT2D eigenvalue weighted by molar-refractivity contribution is 0.0954. The Hall–Kier alpha value is -1.92. The highest BCUT2D eigenvalue weighted by molar-refractivity contribution is 7.80. The molecule has 0 radical (unpaired) electrons. The van der Waals surface area contributed by atoms with E-state index in [1.54, 1.807) is 18.6 Å². The van der Waals surface area contributed by atoms with Gasteiger partial charge in [0, 0.05) is 23.6 Å². The zero-order valence-corrected chi connectivity index (χ0v) is 12.5. The van der Waals surface area contributed by atoms with Crippen molar-refractivity contribution in [2.75, 3.05) is 7.11 Å². The highest BCUT2D eigenvalue weighted by Crippen LogP contribution is 2.20. The molecule has 0 aliphatic rings. The molecule has 1 aromatic carbocycles. The molecule has 1 aromatic heterocycles. The fraction of sp³-hybridized carbons (Fsp3) is 0.143. The van der Waals surface area contributed by atoms with Crippen LogP contribution in [0.2, 0.25) is 0 Å². The van der Waals surface area contributed by atoms with Gasteiger partial charge in [0.2, 0.25) is 0 Å². The van der Waals surface area contributed by atoms with Gasteiger partial charge >= 0.3 is 0 Å². The predicted octanol–water partition coefficient (Wildman–Crippen LogP) is 2.32. The number of carbonyl (C=O) groups is 1. The molecule has 0 saturated heterocycles. The van der Waals surface area contributed by atoms with Crippen LogP contribution in [0.1, 0.15) is 20.8 Å². The average molecular weight is 306 g/mol. The standard InChI is InChI=1S/C14H14N2O2S2/c1-18-11-6-12(20-8-11)14(17)16-7-9-2-4-10(5-3-9)13(15)19/h2-6,8H,7H2,1H3,(H2,15,19)(H,16,17). The number of thiocarbonyl (C=S) groups is 1. The Morgan fingerprint density at radius 2 is 2.10 bits per heavy atom. The number of hydrogen-bond donors (Lipinski definition) is 2. The van der Waals surface area contributed by atoms with E-state index in [1.165, 1.54) is 11.3 Å². The minimum Gasteiger partial charge on any atom is -0.496 e. The van der Waals surface area contributed by atoms with Crippen molar-refractivity contribution in [3.63, 3.8) is 0 Å². The fourth-order valence-electron chi connectivity index (χ4n) is 1.60. The molecule has 20 heavy (non-hydrogen) atoms. The maximum Gasteiger partial charge on any atom is 0.261 e. The first-order valence-electron chi connectivity index (χ1n) is 5.89. The van der Waals surface area contributed by atoms with E-state index in [1.807, 2.05) is 24.3 Å². The van der Waals surface area contributed by atoms with Crippen LogP contribution in [0.4, 0.5) is 0 Å². The third kappa shape index (κ3) is 3.55. The first-order chi connectivity index (χ1) is 9.60. The molecule has 0 unspecified atom stereocenters. The van der Waals surface area contributed by atoms with Crippen molar-refractivity contribution >= 4 is 34.5 Å². The van der Waals surface area contributed by atoms with Gasteiger partial charge in [-0.3, -0.25) is 4.79 Å². The molecule has 0 saturated carbocycles. The monoisotopic (exact) mass is 306 g/mol. The lowest BCUT2D eigenvalue weighted by Gasteiger charge is -2.05. The molecule has 0 fully saturated rings. The third-order valence-electron chi connectivity index (χ3n) is 2.73. The van der Waals surface area contributed by atoms with Gasteiger partial charge in [0.25, 0.3) is 5.91 Å². The number of ether oxygens (including phenoxy) is 1. The Kier molecular flexibility index (Phi) is 4.70. The Labute approximate surface area is 126 Å². The summed E-state index contributed by atoms with van der Waals surface area (Å²) in [6.45, 7) is 0.455. The van der Waals surface area contributed by atoms with Crippen molar-refractivity contribution in [1.29, 1.82) is 0 Å². The molecule has 4 nitrogen and oxygen atoms in total. The summed E-state index contributed by atoms with van der Waals surface area (Å²) in [4.78, 5) is 12.9. The Bertz CT molecular complexity index is 620. The number of thiophene rings is 1. The van der Waals surface area contributed by atoms with E-state index in [4.69, 9.17) is 22.7 Å². The maximum atomic E-state index is 11.9. The smallest absolute Gasteiger partial charge is 0.261 e. The maximum absolute atomic E-state index is 11.9. The second kappa shape index (κ2) is 6.49. The van der Waals surface area contributed by atoms with Crippen LogP contribution in [0, 0.1) is 0 Å². The van der Waals surface area contributed by atoms with E-state index in [0.29, 0.717) is 22.2 Å². The highest BCUT2D eigenvalue weighted by Gasteiger charge is 2.09. The van der Waals surface area contributed by atoms with Gasteiger partial charge in [0.15, 0.2) is 0 Å². The molecule has 0 aliphatic carbocycles. The lowest BCUT2D eigenvalue weighted by atomic mass is 10.1. The van der Waals surface area contributed by atoms with Gasteiger partial charge in [-0.25, -0.2) is 0 Å². The molecule has 2 aromatic rings. The zero-order valence-electron chi connectivity index (χ0n) is 10.9. The SMILES string of the molecule is COc1csc(C(=O)NCc2ccc(C(N)=S)cc2)c1. The number of hydrogen-bond acceptors (Lipinski definition) is 4. The minimum atomic E-state index is -0.114. The molecule has 0 spiro atoms. The molecular weight excluding hydrogens is 292 g/mol. The first kappa shape index (κ1) is 14.5. The summed E-state index contributed by atoms with van der Waals surface area (Å²) in [6, 6.07) is 9.19. The molecule has 0 bridgehead atoms. The molecule has 104 valence electrons. The van der Waals surface area contributed by atoms with E-state index in [-0.39, 0.29) is 5.91 Å². The molecule has 1 heterocycles. The number of nitrogens with one attached hydrogen (secondary N) is 1. The Morgan fingerprint density at radius 1 is 1.40 bits per heavy atom. The third-order valence-corrected chi connectivity index (χ3v) is 3.87. The fourth-order valence-corrected chi connectivity index (χ4v) is 2.51. The van der Waals surface area contributed by atoms with E-state index < -0.39 is 0 Å². The van der Waals surface area contributed by atoms with Gasteiger partial charge in [-0.05, 0) is 5.56 Å². The highest BCUT2D eigenvalue weighted by atomic mass is 32.1. The molecule has 3 N–H and O–H groups in total. The second-order valence-corrected chi connectivity index (χ2v) is 5.45. The van der Waals surface area contributed by atoms with Crippen molar-refractivity contribution in [3.05, 3.63) is 51.7 Å². The van der Waals surface area contributed by atoms with E-state index in [2.05, 4.69) is 5.32 Å². The normalized spacial score (nSPS) is 10.1. The van der Waals surface area contributed by atoms with Crippen molar-refractivity contribution in [1.82, 2.24) is 5.32 Å². The molecule has 6 heteroatoms. The molecular formula is C14H14N2O2S2. The van der Waals surface area contributed by atoms with Crippen LogP contribution in [-0.4, -0.2) is 18.0 Å². The van der Waals surface area contributed by atoms with Gasteiger partial charge in [0.1, 0.15) is 10.7 Å². The van der Waals surface area contributed by atoms with Gasteiger partial charge in [-0.1, -0.05) is 36.5 Å². The van der Waals surface area contributed by atoms with Crippen LogP contribution >= 0.6 is 23.6 Å². The minimum absolute atomic E-state index is 0.114. The van der Waals surface area contributed by atoms with Crippen LogP contribution < -0.4 is 15.8 Å². The first-order valence-corrected chi connectivity index (χ1v) is 7.18. The van der Waals surface area contributed by atoms with Crippen LogP contribution in [0.5, 0.6) is 5.75 Å². The average Bonchev–Trinajstić information content (AvgIpc) is 2.94. The van der Waals surface area contributed by atoms with Crippen LogP contribution in [0.3, 0.4) is 0 Å². The number of amides is 1. The number of rotatable bonds is 5. The molecule has 2 rings (SSSR count). The number of carbonyl (C=O) groups excluding carboxylic acids is 1. The van der Waals surface area contributed by atoms with E-state index in [9.17, 15) is 4.79 Å². The number of nitrogens with two attached hydrogens (primary N) is 1. The van der Waals surface area contributed by atoms with Crippen molar-refractivity contribution in [2.45, 2.75) is 6.54 Å². The topological polar surface area (TPSA) is 64.3 Å². The number of benzene rings is 1. The van der Waals surface area contributed by atoms with Crippen molar-refractivity contribution in [2.24, 2.45) is 5.73 Å². The molecule has 0 atom stereocenters. The quantitative estimate of drug-likeness (QED) is 0.832. The summed E-state index contributed by atoms with van der Waals surface area (Å²) in [5.74, 6) is 0.581. The van der Waals surface area contributed by atoms with Gasteiger partial charge < -0.3 is 15.8 Å². The Balaban J connectivity index is 1.94. The molecule has 0 aliphatic heterocycles. The largest absolute Gasteiger partial charge is 0.496 e. The summed E-state index contributed by atoms with van der Waals surface area (Å²) in [5, 5.41) is 4.65. The van der Waals surface area contributed by atoms with Crippen LogP contribution in [0.25, 0.3) is 0 Å². The number of methoxy groups -OCH3 is 1. The van der Waals surface area contributed by atoms with Crippen LogP contribution in [0.15, 0.2) is 35.7 Å².